The molecule has 4 nitrogen and oxygen atoms in total. The lowest BCUT2D eigenvalue weighted by Gasteiger charge is -2.31. The molecule has 0 aromatic heterocycles. The second kappa shape index (κ2) is 7.88. The number of hydrogen-bond donors (Lipinski definition) is 2. The number of alkyl halides is 3. The topological polar surface area (TPSA) is 58.6 Å². The summed E-state index contributed by atoms with van der Waals surface area (Å²) in [6.45, 7) is -1.07. The summed E-state index contributed by atoms with van der Waals surface area (Å²) in [7, 11) is 0. The molecule has 1 fully saturated rings. The summed E-state index contributed by atoms with van der Waals surface area (Å²) in [4.78, 5) is 11.9. The van der Waals surface area contributed by atoms with Gasteiger partial charge in [-0.25, -0.2) is 0 Å². The third-order valence-electron chi connectivity index (χ3n) is 4.09. The van der Waals surface area contributed by atoms with Crippen LogP contribution < -0.4 is 10.1 Å². The Balaban J connectivity index is 1.76. The van der Waals surface area contributed by atoms with Crippen LogP contribution in [0.5, 0.6) is 5.75 Å². The van der Waals surface area contributed by atoms with E-state index in [9.17, 15) is 23.1 Å². The fraction of sp³-hybridized carbons (Fsp3) is 0.588. The van der Waals surface area contributed by atoms with Gasteiger partial charge in [-0.3, -0.25) is 4.79 Å². The van der Waals surface area contributed by atoms with Gasteiger partial charge in [-0.2, -0.15) is 13.2 Å². The van der Waals surface area contributed by atoms with Gasteiger partial charge in [0.1, 0.15) is 5.75 Å². The van der Waals surface area contributed by atoms with Gasteiger partial charge in [0, 0.05) is 6.54 Å². The van der Waals surface area contributed by atoms with Crippen molar-refractivity contribution in [2.24, 2.45) is 0 Å². The van der Waals surface area contributed by atoms with Gasteiger partial charge in [-0.15, -0.1) is 0 Å². The van der Waals surface area contributed by atoms with E-state index in [1.807, 2.05) is 0 Å². The van der Waals surface area contributed by atoms with Crippen LogP contribution in [0, 0.1) is 0 Å². The van der Waals surface area contributed by atoms with Crippen molar-refractivity contribution in [1.29, 1.82) is 0 Å². The van der Waals surface area contributed by atoms with Crippen LogP contribution >= 0.6 is 0 Å². The minimum Gasteiger partial charge on any atom is -0.484 e. The molecule has 1 amide bonds. The number of hydrogen-bond acceptors (Lipinski definition) is 3. The predicted octanol–water partition coefficient (Wildman–Crippen LogP) is 3.33. The number of amides is 1. The van der Waals surface area contributed by atoms with Gasteiger partial charge in [0.2, 0.25) is 5.91 Å². The van der Waals surface area contributed by atoms with Crippen molar-refractivity contribution in [1.82, 2.24) is 5.32 Å². The van der Waals surface area contributed by atoms with Gasteiger partial charge in [0.25, 0.3) is 0 Å². The molecule has 0 atom stereocenters. The summed E-state index contributed by atoms with van der Waals surface area (Å²) in [6.07, 6.45) is -0.0395. The SMILES string of the molecule is O=C(CC1(O)CCCCC1)NCc1ccc(OCC(F)(F)F)cc1. The molecule has 2 rings (SSSR count). The summed E-state index contributed by atoms with van der Waals surface area (Å²) < 4.78 is 40.8. The molecule has 0 heterocycles. The van der Waals surface area contributed by atoms with E-state index in [-0.39, 0.29) is 24.6 Å². The minimum absolute atomic E-state index is 0.0831. The Morgan fingerprint density at radius 2 is 1.79 bits per heavy atom. The Bertz CT molecular complexity index is 537. The quantitative estimate of drug-likeness (QED) is 0.831. The van der Waals surface area contributed by atoms with Gasteiger partial charge in [0.05, 0.1) is 12.0 Å². The fourth-order valence-corrected chi connectivity index (χ4v) is 2.82. The highest BCUT2D eigenvalue weighted by atomic mass is 19.4. The van der Waals surface area contributed by atoms with E-state index in [0.717, 1.165) is 24.8 Å². The predicted molar refractivity (Wildman–Crippen MR) is 82.5 cm³/mol. The monoisotopic (exact) mass is 345 g/mol. The van der Waals surface area contributed by atoms with Crippen molar-refractivity contribution in [3.8, 4) is 5.75 Å². The highest BCUT2D eigenvalue weighted by Crippen LogP contribution is 2.30. The van der Waals surface area contributed by atoms with Gasteiger partial charge >= 0.3 is 6.18 Å². The lowest BCUT2D eigenvalue weighted by atomic mass is 9.82. The van der Waals surface area contributed by atoms with E-state index in [4.69, 9.17) is 0 Å². The number of nitrogens with one attached hydrogen (secondary N) is 1. The first kappa shape index (κ1) is 18.6. The molecule has 7 heteroatoms. The summed E-state index contributed by atoms with van der Waals surface area (Å²) >= 11 is 0. The summed E-state index contributed by atoms with van der Waals surface area (Å²) in [5.74, 6) is -0.101. The van der Waals surface area contributed by atoms with E-state index in [0.29, 0.717) is 12.8 Å². The number of aliphatic hydroxyl groups is 1. The van der Waals surface area contributed by atoms with Crippen molar-refractivity contribution < 1.29 is 27.8 Å². The van der Waals surface area contributed by atoms with E-state index in [1.165, 1.54) is 12.1 Å². The normalized spacial score (nSPS) is 17.3. The second-order valence-corrected chi connectivity index (χ2v) is 6.29. The van der Waals surface area contributed by atoms with Crippen LogP contribution in [0.4, 0.5) is 13.2 Å². The van der Waals surface area contributed by atoms with Crippen molar-refractivity contribution in [2.45, 2.75) is 56.8 Å². The number of rotatable bonds is 6. The number of carbonyl (C=O) groups is 1. The molecule has 2 N–H and O–H groups in total. The molecule has 0 unspecified atom stereocenters. The average Bonchev–Trinajstić information content (AvgIpc) is 2.51. The van der Waals surface area contributed by atoms with Gasteiger partial charge in [-0.05, 0) is 30.5 Å². The maximum atomic E-state index is 12.1. The molecule has 1 aliphatic rings. The Hall–Kier alpha value is -1.76. The zero-order chi connectivity index (χ0) is 17.6. The maximum absolute atomic E-state index is 12.1. The number of benzene rings is 1. The third-order valence-corrected chi connectivity index (χ3v) is 4.09. The molecule has 1 aromatic rings. The maximum Gasteiger partial charge on any atom is 0.422 e. The van der Waals surface area contributed by atoms with Crippen LogP contribution in [0.15, 0.2) is 24.3 Å². The van der Waals surface area contributed by atoms with Crippen molar-refractivity contribution >= 4 is 5.91 Å². The molecule has 0 radical (unpaired) electrons. The number of carbonyl (C=O) groups excluding carboxylic acids is 1. The number of halogens is 3. The van der Waals surface area contributed by atoms with Crippen LogP contribution in [-0.4, -0.2) is 29.4 Å². The molecule has 0 bridgehead atoms. The zero-order valence-electron chi connectivity index (χ0n) is 13.4. The Kier molecular flexibility index (Phi) is 6.10. The molecule has 1 aliphatic carbocycles. The van der Waals surface area contributed by atoms with Crippen LogP contribution in [-0.2, 0) is 11.3 Å². The summed E-state index contributed by atoms with van der Waals surface area (Å²) in [6, 6.07) is 6.06. The van der Waals surface area contributed by atoms with Gasteiger partial charge < -0.3 is 15.2 Å². The average molecular weight is 345 g/mol. The molecule has 0 spiro atoms. The lowest BCUT2D eigenvalue weighted by molar-refractivity contribution is -0.153. The van der Waals surface area contributed by atoms with Crippen LogP contribution in [0.2, 0.25) is 0 Å². The first-order valence-corrected chi connectivity index (χ1v) is 8.03. The van der Waals surface area contributed by atoms with E-state index < -0.39 is 18.4 Å². The Morgan fingerprint density at radius 1 is 1.17 bits per heavy atom. The minimum atomic E-state index is -4.37. The lowest BCUT2D eigenvalue weighted by Crippen LogP contribution is -2.38. The largest absolute Gasteiger partial charge is 0.484 e. The summed E-state index contributed by atoms with van der Waals surface area (Å²) in [5, 5.41) is 13.1. The smallest absolute Gasteiger partial charge is 0.422 e. The van der Waals surface area contributed by atoms with Crippen LogP contribution in [0.25, 0.3) is 0 Å². The van der Waals surface area contributed by atoms with E-state index in [2.05, 4.69) is 10.1 Å². The van der Waals surface area contributed by atoms with Crippen LogP contribution in [0.1, 0.15) is 44.1 Å². The van der Waals surface area contributed by atoms with Crippen molar-refractivity contribution in [2.75, 3.05) is 6.61 Å². The van der Waals surface area contributed by atoms with Gasteiger partial charge in [0.15, 0.2) is 6.61 Å². The molecular formula is C17H22F3NO3. The standard InChI is InChI=1S/C17H22F3NO3/c18-17(19,20)12-24-14-6-4-13(5-7-14)11-21-15(22)10-16(23)8-2-1-3-9-16/h4-7,23H,1-3,8-12H2,(H,21,22). The van der Waals surface area contributed by atoms with Crippen molar-refractivity contribution in [3.05, 3.63) is 29.8 Å². The Labute approximate surface area is 139 Å². The summed E-state index contributed by atoms with van der Waals surface area (Å²) in [5.41, 5.74) is -0.157. The Morgan fingerprint density at radius 3 is 2.38 bits per heavy atom. The number of ether oxygens (including phenoxy) is 1. The molecule has 134 valence electrons. The fourth-order valence-electron chi connectivity index (χ4n) is 2.82. The zero-order valence-corrected chi connectivity index (χ0v) is 13.4. The van der Waals surface area contributed by atoms with Gasteiger partial charge in [-0.1, -0.05) is 31.4 Å². The molecule has 0 saturated heterocycles. The second-order valence-electron chi connectivity index (χ2n) is 6.29. The van der Waals surface area contributed by atoms with E-state index >= 15 is 0 Å². The first-order valence-electron chi connectivity index (χ1n) is 8.03. The van der Waals surface area contributed by atoms with Crippen LogP contribution in [0.3, 0.4) is 0 Å². The third kappa shape index (κ3) is 6.39. The molecule has 0 aliphatic heterocycles. The van der Waals surface area contributed by atoms with Crippen molar-refractivity contribution in [3.63, 3.8) is 0 Å². The molecule has 1 saturated carbocycles. The molecule has 24 heavy (non-hydrogen) atoms. The first-order chi connectivity index (χ1) is 11.3. The van der Waals surface area contributed by atoms with E-state index in [1.54, 1.807) is 12.1 Å². The molecule has 1 aromatic carbocycles. The highest BCUT2D eigenvalue weighted by Gasteiger charge is 2.31. The molecular weight excluding hydrogens is 323 g/mol. The highest BCUT2D eigenvalue weighted by molar-refractivity contribution is 5.77.